The van der Waals surface area contributed by atoms with Crippen LogP contribution in [-0.2, 0) is 15.9 Å². The minimum atomic E-state index is 0.293. The van der Waals surface area contributed by atoms with E-state index in [0.29, 0.717) is 17.9 Å². The first-order chi connectivity index (χ1) is 8.92. The van der Waals surface area contributed by atoms with Gasteiger partial charge in [-0.25, -0.2) is 0 Å². The van der Waals surface area contributed by atoms with E-state index in [1.807, 2.05) is 0 Å². The molecule has 0 aromatic carbocycles. The van der Waals surface area contributed by atoms with Gasteiger partial charge in [0.15, 0.2) is 5.82 Å². The van der Waals surface area contributed by atoms with Gasteiger partial charge >= 0.3 is 0 Å². The fourth-order valence-electron chi connectivity index (χ4n) is 2.43. The first-order valence-electron chi connectivity index (χ1n) is 6.63. The van der Waals surface area contributed by atoms with Gasteiger partial charge in [-0.15, -0.1) is 0 Å². The molecule has 6 heteroatoms. The molecule has 0 bridgehead atoms. The summed E-state index contributed by atoms with van der Waals surface area (Å²) in [5.41, 5.74) is 0. The highest BCUT2D eigenvalue weighted by atomic mass is 16.5. The van der Waals surface area contributed by atoms with E-state index >= 15 is 0 Å². The molecule has 100 valence electrons. The molecule has 2 fully saturated rings. The van der Waals surface area contributed by atoms with E-state index in [0.717, 1.165) is 58.1 Å². The van der Waals surface area contributed by atoms with Crippen molar-refractivity contribution in [3.8, 4) is 0 Å². The highest BCUT2D eigenvalue weighted by Gasteiger charge is 2.23. The molecule has 1 aromatic rings. The van der Waals surface area contributed by atoms with Crippen LogP contribution in [0.5, 0.6) is 0 Å². The smallest absolute Gasteiger partial charge is 0.228 e. The Morgan fingerprint density at radius 3 is 2.83 bits per heavy atom. The van der Waals surface area contributed by atoms with Crippen molar-refractivity contribution in [2.24, 2.45) is 0 Å². The molecule has 6 nitrogen and oxygen atoms in total. The van der Waals surface area contributed by atoms with Crippen LogP contribution in [0.3, 0.4) is 0 Å². The second-order valence-corrected chi connectivity index (χ2v) is 4.86. The molecule has 0 saturated carbocycles. The molecule has 2 saturated heterocycles. The third kappa shape index (κ3) is 2.88. The largest absolute Gasteiger partial charge is 0.381 e. The van der Waals surface area contributed by atoms with Crippen LogP contribution >= 0.6 is 0 Å². The normalized spacial score (nSPS) is 26.3. The third-order valence-corrected chi connectivity index (χ3v) is 3.49. The van der Waals surface area contributed by atoms with Gasteiger partial charge in [0.1, 0.15) is 0 Å². The molecule has 18 heavy (non-hydrogen) atoms. The second-order valence-electron chi connectivity index (χ2n) is 4.86. The fourth-order valence-corrected chi connectivity index (χ4v) is 2.43. The lowest BCUT2D eigenvalue weighted by Crippen LogP contribution is -2.42. The highest BCUT2D eigenvalue weighted by molar-refractivity contribution is 4.98. The summed E-state index contributed by atoms with van der Waals surface area (Å²) in [7, 11) is 0. The maximum Gasteiger partial charge on any atom is 0.228 e. The lowest BCUT2D eigenvalue weighted by atomic mass is 10.00. The average Bonchev–Trinajstić information content (AvgIpc) is 2.89. The molecule has 1 atom stereocenters. The van der Waals surface area contributed by atoms with E-state index < -0.39 is 0 Å². The zero-order valence-electron chi connectivity index (χ0n) is 10.4. The lowest BCUT2D eigenvalue weighted by Gasteiger charge is -2.22. The molecule has 1 unspecified atom stereocenters. The van der Waals surface area contributed by atoms with Crippen molar-refractivity contribution in [3.05, 3.63) is 11.7 Å². The first-order valence-corrected chi connectivity index (χ1v) is 6.63. The summed E-state index contributed by atoms with van der Waals surface area (Å²) >= 11 is 0. The number of nitrogens with one attached hydrogen (secondary N) is 1. The number of nitrogens with zero attached hydrogens (tertiary/aromatic N) is 2. The number of ether oxygens (including phenoxy) is 2. The van der Waals surface area contributed by atoms with Crippen molar-refractivity contribution in [1.82, 2.24) is 15.5 Å². The lowest BCUT2D eigenvalue weighted by molar-refractivity contribution is 0.0744. The van der Waals surface area contributed by atoms with E-state index in [1.165, 1.54) is 0 Å². The van der Waals surface area contributed by atoms with Crippen molar-refractivity contribution in [2.75, 3.05) is 33.0 Å². The average molecular weight is 253 g/mol. The van der Waals surface area contributed by atoms with Crippen LogP contribution in [0.1, 0.15) is 30.5 Å². The minimum absolute atomic E-state index is 0.293. The molecule has 2 aliphatic heterocycles. The Hall–Kier alpha value is -0.980. The predicted molar refractivity (Wildman–Crippen MR) is 63.4 cm³/mol. The number of rotatable bonds is 3. The van der Waals surface area contributed by atoms with E-state index in [1.54, 1.807) is 0 Å². The molecule has 0 spiro atoms. The van der Waals surface area contributed by atoms with Gasteiger partial charge in [-0.2, -0.15) is 4.98 Å². The van der Waals surface area contributed by atoms with Gasteiger partial charge in [-0.3, -0.25) is 0 Å². The van der Waals surface area contributed by atoms with Crippen LogP contribution in [0.15, 0.2) is 4.52 Å². The molecule has 1 aromatic heterocycles. The van der Waals surface area contributed by atoms with Crippen molar-refractivity contribution in [3.63, 3.8) is 0 Å². The van der Waals surface area contributed by atoms with E-state index in [4.69, 9.17) is 14.0 Å². The van der Waals surface area contributed by atoms with Crippen LogP contribution < -0.4 is 5.32 Å². The SMILES string of the molecule is C1COCC(Cc2nc(C3CCOCC3)no2)N1. The van der Waals surface area contributed by atoms with Gasteiger partial charge in [0.25, 0.3) is 0 Å². The van der Waals surface area contributed by atoms with E-state index in [2.05, 4.69) is 15.5 Å². The zero-order chi connectivity index (χ0) is 12.2. The highest BCUT2D eigenvalue weighted by Crippen LogP contribution is 2.24. The van der Waals surface area contributed by atoms with Gasteiger partial charge in [0.05, 0.1) is 13.2 Å². The second kappa shape index (κ2) is 5.77. The molecule has 3 heterocycles. The van der Waals surface area contributed by atoms with Crippen molar-refractivity contribution in [2.45, 2.75) is 31.2 Å². The quantitative estimate of drug-likeness (QED) is 0.845. The van der Waals surface area contributed by atoms with Gasteiger partial charge in [0.2, 0.25) is 5.89 Å². The number of hydrogen-bond acceptors (Lipinski definition) is 6. The Morgan fingerprint density at radius 2 is 2.06 bits per heavy atom. The summed E-state index contributed by atoms with van der Waals surface area (Å²) in [6, 6.07) is 0.293. The fraction of sp³-hybridized carbons (Fsp3) is 0.833. The monoisotopic (exact) mass is 253 g/mol. The maximum atomic E-state index is 5.41. The van der Waals surface area contributed by atoms with Gasteiger partial charge < -0.3 is 19.3 Å². The summed E-state index contributed by atoms with van der Waals surface area (Å²) in [6.07, 6.45) is 2.73. The summed E-state index contributed by atoms with van der Waals surface area (Å²) in [4.78, 5) is 4.50. The van der Waals surface area contributed by atoms with Gasteiger partial charge in [-0.1, -0.05) is 5.16 Å². The molecular weight excluding hydrogens is 234 g/mol. The molecular formula is C12H19N3O3. The summed E-state index contributed by atoms with van der Waals surface area (Å²) in [5, 5.41) is 7.48. The Morgan fingerprint density at radius 1 is 1.17 bits per heavy atom. The van der Waals surface area contributed by atoms with Gasteiger partial charge in [-0.05, 0) is 12.8 Å². The molecule has 3 rings (SSSR count). The van der Waals surface area contributed by atoms with Crippen LogP contribution in [0.2, 0.25) is 0 Å². The molecule has 2 aliphatic rings. The predicted octanol–water partition coefficient (Wildman–Crippen LogP) is 0.494. The molecule has 0 radical (unpaired) electrons. The van der Waals surface area contributed by atoms with Crippen LogP contribution in [-0.4, -0.2) is 49.2 Å². The minimum Gasteiger partial charge on any atom is -0.381 e. The van der Waals surface area contributed by atoms with Crippen LogP contribution in [0.4, 0.5) is 0 Å². The molecule has 0 aliphatic carbocycles. The topological polar surface area (TPSA) is 69.4 Å². The van der Waals surface area contributed by atoms with Crippen molar-refractivity contribution >= 4 is 0 Å². The van der Waals surface area contributed by atoms with Crippen LogP contribution in [0, 0.1) is 0 Å². The zero-order valence-corrected chi connectivity index (χ0v) is 10.4. The van der Waals surface area contributed by atoms with Gasteiger partial charge in [0, 0.05) is 38.1 Å². The third-order valence-electron chi connectivity index (χ3n) is 3.49. The van der Waals surface area contributed by atoms with Crippen molar-refractivity contribution < 1.29 is 14.0 Å². The number of aromatic nitrogens is 2. The summed E-state index contributed by atoms with van der Waals surface area (Å²) in [5.74, 6) is 1.94. The molecule has 1 N–H and O–H groups in total. The maximum absolute atomic E-state index is 5.41. The summed E-state index contributed by atoms with van der Waals surface area (Å²) in [6.45, 7) is 3.99. The Labute approximate surface area is 106 Å². The first kappa shape index (κ1) is 12.1. The summed E-state index contributed by atoms with van der Waals surface area (Å²) < 4.78 is 16.1. The Balaban J connectivity index is 1.58. The van der Waals surface area contributed by atoms with E-state index in [-0.39, 0.29) is 0 Å². The Kier molecular flexibility index (Phi) is 3.87. The Bertz CT molecular complexity index is 370. The van der Waals surface area contributed by atoms with E-state index in [9.17, 15) is 0 Å². The number of hydrogen-bond donors (Lipinski definition) is 1. The standard InChI is InChI=1S/C12H19N3O3/c1-4-16-5-2-9(1)12-14-11(18-15-12)7-10-8-17-6-3-13-10/h9-10,13H,1-8H2. The molecule has 0 amide bonds. The number of morpholine rings is 1. The van der Waals surface area contributed by atoms with Crippen molar-refractivity contribution in [1.29, 1.82) is 0 Å². The van der Waals surface area contributed by atoms with Crippen LogP contribution in [0.25, 0.3) is 0 Å².